The summed E-state index contributed by atoms with van der Waals surface area (Å²) in [7, 11) is -2.06. The molecule has 1 N–H and O–H groups in total. The topological polar surface area (TPSA) is 114 Å². The van der Waals surface area contributed by atoms with Crippen LogP contribution < -0.4 is 23.8 Å². The number of hydrogen-bond donors (Lipinski definition) is 1. The molecular formula is C27H37N3O7S. The molecule has 11 heteroatoms. The van der Waals surface area contributed by atoms with E-state index in [4.69, 9.17) is 14.2 Å². The molecular weight excluding hydrogens is 510 g/mol. The van der Waals surface area contributed by atoms with Gasteiger partial charge >= 0.3 is 0 Å². The number of carbonyl (C=O) groups excluding carboxylic acids is 2. The summed E-state index contributed by atoms with van der Waals surface area (Å²) in [5, 5.41) is 2.86. The van der Waals surface area contributed by atoms with Gasteiger partial charge in [0.1, 0.15) is 25.0 Å². The number of nitrogens with one attached hydrogen (secondary N) is 1. The average molecular weight is 548 g/mol. The van der Waals surface area contributed by atoms with Crippen molar-refractivity contribution in [2.75, 3.05) is 37.4 Å². The highest BCUT2D eigenvalue weighted by molar-refractivity contribution is 7.92. The van der Waals surface area contributed by atoms with Crippen LogP contribution in [0.2, 0.25) is 0 Å². The molecule has 10 nitrogen and oxygen atoms in total. The molecule has 3 rings (SSSR count). The van der Waals surface area contributed by atoms with E-state index in [0.29, 0.717) is 36.1 Å². The van der Waals surface area contributed by atoms with Gasteiger partial charge in [0.05, 0.1) is 19.1 Å². The number of nitrogens with zero attached hydrogens (tertiary/aromatic N) is 2. The highest BCUT2D eigenvalue weighted by Crippen LogP contribution is 2.34. The van der Waals surface area contributed by atoms with Crippen LogP contribution >= 0.6 is 0 Å². The summed E-state index contributed by atoms with van der Waals surface area (Å²) in [5.74, 6) is 1.18. The molecule has 1 aliphatic rings. The van der Waals surface area contributed by atoms with E-state index in [1.165, 1.54) is 9.21 Å². The molecule has 0 saturated carbocycles. The molecule has 2 aromatic rings. The van der Waals surface area contributed by atoms with Crippen LogP contribution in [0, 0.1) is 0 Å². The van der Waals surface area contributed by atoms with Crippen LogP contribution in [-0.2, 0) is 26.2 Å². The Balaban J connectivity index is 1.75. The minimum Gasteiger partial charge on any atom is -0.497 e. The SMILES string of the molecule is COc1cccc(CN(C(=O)CCCN(c2ccc3c(c2)OCCO3)S(C)(=O)=O)C(C)C(=O)NC(C)C)c1. The molecule has 0 fully saturated rings. The maximum atomic E-state index is 13.4. The van der Waals surface area contributed by atoms with Crippen LogP contribution in [0.5, 0.6) is 17.2 Å². The number of methoxy groups -OCH3 is 1. The maximum absolute atomic E-state index is 13.4. The lowest BCUT2D eigenvalue weighted by Crippen LogP contribution is -2.49. The molecule has 1 heterocycles. The van der Waals surface area contributed by atoms with Crippen molar-refractivity contribution in [3.8, 4) is 17.2 Å². The summed E-state index contributed by atoms with van der Waals surface area (Å²) in [4.78, 5) is 27.7. The van der Waals surface area contributed by atoms with Gasteiger partial charge in [-0.05, 0) is 57.0 Å². The molecule has 1 unspecified atom stereocenters. The van der Waals surface area contributed by atoms with Crippen molar-refractivity contribution in [2.45, 2.75) is 52.2 Å². The van der Waals surface area contributed by atoms with E-state index in [-0.39, 0.29) is 43.8 Å². The van der Waals surface area contributed by atoms with E-state index >= 15 is 0 Å². The number of ether oxygens (including phenoxy) is 3. The first kappa shape index (κ1) is 29.1. The van der Waals surface area contributed by atoms with Crippen molar-refractivity contribution in [3.63, 3.8) is 0 Å². The van der Waals surface area contributed by atoms with Crippen molar-refractivity contribution < 1.29 is 32.2 Å². The molecule has 1 atom stereocenters. The second-order valence-electron chi connectivity index (χ2n) is 9.48. The number of anilines is 1. The smallest absolute Gasteiger partial charge is 0.242 e. The van der Waals surface area contributed by atoms with Gasteiger partial charge in [-0.25, -0.2) is 8.42 Å². The standard InChI is InChI=1S/C27H37N3O7S/c1-19(2)28-27(32)20(3)29(18-21-8-6-9-23(16-21)35-4)26(31)10-7-13-30(38(5,33)34)22-11-12-24-25(17-22)37-15-14-36-24/h6,8-9,11-12,16-17,19-20H,7,10,13-15,18H2,1-5H3,(H,28,32). The van der Waals surface area contributed by atoms with Gasteiger partial charge in [-0.15, -0.1) is 0 Å². The summed E-state index contributed by atoms with van der Waals surface area (Å²) in [5.41, 5.74) is 1.25. The molecule has 0 bridgehead atoms. The Labute approximate surface area is 224 Å². The largest absolute Gasteiger partial charge is 0.497 e. The van der Waals surface area contributed by atoms with Gasteiger partial charge in [0, 0.05) is 31.6 Å². The minimum atomic E-state index is -3.63. The normalized spacial score (nSPS) is 13.5. The summed E-state index contributed by atoms with van der Waals surface area (Å²) >= 11 is 0. The number of rotatable bonds is 12. The number of amides is 2. The van der Waals surface area contributed by atoms with E-state index in [1.54, 1.807) is 32.2 Å². The van der Waals surface area contributed by atoms with E-state index < -0.39 is 16.1 Å². The summed E-state index contributed by atoms with van der Waals surface area (Å²) < 4.78 is 42.9. The van der Waals surface area contributed by atoms with Gasteiger partial charge in [0.15, 0.2) is 11.5 Å². The van der Waals surface area contributed by atoms with Crippen molar-refractivity contribution in [1.29, 1.82) is 0 Å². The predicted octanol–water partition coefficient (Wildman–Crippen LogP) is 2.95. The Morgan fingerprint density at radius 3 is 2.42 bits per heavy atom. The third-order valence-electron chi connectivity index (χ3n) is 6.05. The van der Waals surface area contributed by atoms with Crippen LogP contribution in [0.25, 0.3) is 0 Å². The minimum absolute atomic E-state index is 0.0554. The third-order valence-corrected chi connectivity index (χ3v) is 7.25. The highest BCUT2D eigenvalue weighted by atomic mass is 32.2. The zero-order chi connectivity index (χ0) is 27.9. The molecule has 208 valence electrons. The fourth-order valence-electron chi connectivity index (χ4n) is 4.15. The lowest BCUT2D eigenvalue weighted by atomic mass is 10.1. The Kier molecular flexibility index (Phi) is 9.84. The van der Waals surface area contributed by atoms with Crippen molar-refractivity contribution in [1.82, 2.24) is 10.2 Å². The van der Waals surface area contributed by atoms with Crippen LogP contribution in [0.4, 0.5) is 5.69 Å². The van der Waals surface area contributed by atoms with E-state index in [2.05, 4.69) is 5.32 Å². The number of hydrogen-bond acceptors (Lipinski definition) is 7. The average Bonchev–Trinajstić information content (AvgIpc) is 2.88. The number of sulfonamides is 1. The van der Waals surface area contributed by atoms with E-state index in [9.17, 15) is 18.0 Å². The molecule has 0 aliphatic carbocycles. The summed E-state index contributed by atoms with van der Waals surface area (Å²) in [6, 6.07) is 11.5. The lowest BCUT2D eigenvalue weighted by Gasteiger charge is -2.30. The van der Waals surface area contributed by atoms with Crippen LogP contribution in [0.3, 0.4) is 0 Å². The molecule has 2 aromatic carbocycles. The van der Waals surface area contributed by atoms with Crippen LogP contribution in [0.15, 0.2) is 42.5 Å². The molecule has 1 aliphatic heterocycles. The van der Waals surface area contributed by atoms with Gasteiger partial charge in [-0.1, -0.05) is 12.1 Å². The first-order valence-electron chi connectivity index (χ1n) is 12.6. The van der Waals surface area contributed by atoms with E-state index in [0.717, 1.165) is 11.8 Å². The highest BCUT2D eigenvalue weighted by Gasteiger charge is 2.27. The van der Waals surface area contributed by atoms with Crippen molar-refractivity contribution in [3.05, 3.63) is 48.0 Å². The summed E-state index contributed by atoms with van der Waals surface area (Å²) in [6.45, 7) is 6.52. The number of carbonyl (C=O) groups is 2. The zero-order valence-corrected chi connectivity index (χ0v) is 23.4. The quantitative estimate of drug-likeness (QED) is 0.435. The Morgan fingerprint density at radius 1 is 1.05 bits per heavy atom. The Bertz CT molecular complexity index is 1230. The van der Waals surface area contributed by atoms with Crippen molar-refractivity contribution >= 4 is 27.5 Å². The monoisotopic (exact) mass is 547 g/mol. The van der Waals surface area contributed by atoms with Gasteiger partial charge in [-0.2, -0.15) is 0 Å². The predicted molar refractivity (Wildman–Crippen MR) is 145 cm³/mol. The van der Waals surface area contributed by atoms with Gasteiger partial charge < -0.3 is 24.4 Å². The number of benzene rings is 2. The van der Waals surface area contributed by atoms with Crippen LogP contribution in [0.1, 0.15) is 39.2 Å². The number of fused-ring (bicyclic) bond motifs is 1. The molecule has 0 spiro atoms. The second kappa shape index (κ2) is 12.9. The molecule has 38 heavy (non-hydrogen) atoms. The van der Waals surface area contributed by atoms with Crippen LogP contribution in [-0.4, -0.2) is 70.3 Å². The Morgan fingerprint density at radius 2 is 1.76 bits per heavy atom. The first-order chi connectivity index (χ1) is 18.0. The first-order valence-corrected chi connectivity index (χ1v) is 14.4. The summed E-state index contributed by atoms with van der Waals surface area (Å²) in [6.07, 6.45) is 1.44. The van der Waals surface area contributed by atoms with Gasteiger partial charge in [0.25, 0.3) is 0 Å². The maximum Gasteiger partial charge on any atom is 0.242 e. The molecule has 0 radical (unpaired) electrons. The van der Waals surface area contributed by atoms with E-state index in [1.807, 2.05) is 38.1 Å². The van der Waals surface area contributed by atoms with Gasteiger partial charge in [0.2, 0.25) is 21.8 Å². The van der Waals surface area contributed by atoms with Gasteiger partial charge in [-0.3, -0.25) is 13.9 Å². The fraction of sp³-hybridized carbons (Fsp3) is 0.481. The fourth-order valence-corrected chi connectivity index (χ4v) is 5.10. The zero-order valence-electron chi connectivity index (χ0n) is 22.6. The molecule has 0 aromatic heterocycles. The molecule has 0 saturated heterocycles. The lowest BCUT2D eigenvalue weighted by molar-refractivity contribution is -0.140. The van der Waals surface area contributed by atoms with Crippen molar-refractivity contribution in [2.24, 2.45) is 0 Å². The third kappa shape index (κ3) is 7.77. The Hall–Kier alpha value is -3.47. The second-order valence-corrected chi connectivity index (χ2v) is 11.4. The molecule has 2 amide bonds.